The number of carbonyl (C=O) groups excluding carboxylic acids is 1. The highest BCUT2D eigenvalue weighted by Crippen LogP contribution is 2.28. The Bertz CT molecular complexity index is 842. The summed E-state index contributed by atoms with van der Waals surface area (Å²) in [7, 11) is 0. The van der Waals surface area contributed by atoms with E-state index in [9.17, 15) is 15.0 Å². The average Bonchev–Trinajstić information content (AvgIpc) is 3.09. The number of fused-ring (bicyclic) bond motifs is 1. The number of phenolic OH excluding ortho intramolecular Hbond substituents is 1. The number of aliphatic hydroxyl groups excluding tert-OH is 1. The molecule has 5 heteroatoms. The number of hydrogen-bond donors (Lipinski definition) is 3. The van der Waals surface area contributed by atoms with Crippen molar-refractivity contribution in [2.75, 3.05) is 0 Å². The molecule has 0 radical (unpaired) electrons. The van der Waals surface area contributed by atoms with E-state index in [1.807, 2.05) is 18.2 Å². The maximum absolute atomic E-state index is 12.4. The van der Waals surface area contributed by atoms with Crippen LogP contribution < -0.4 is 5.32 Å². The molecule has 24 heavy (non-hydrogen) atoms. The fourth-order valence-electron chi connectivity index (χ4n) is 2.73. The first-order chi connectivity index (χ1) is 11.6. The Labute approximate surface area is 139 Å². The summed E-state index contributed by atoms with van der Waals surface area (Å²) in [6, 6.07) is 13.8. The van der Waals surface area contributed by atoms with E-state index in [4.69, 9.17) is 4.42 Å². The van der Waals surface area contributed by atoms with Crippen LogP contribution >= 0.6 is 0 Å². The molecule has 3 aromatic rings. The number of carbonyl (C=O) groups is 1. The lowest BCUT2D eigenvalue weighted by Crippen LogP contribution is -2.33. The lowest BCUT2D eigenvalue weighted by atomic mass is 10.0. The van der Waals surface area contributed by atoms with Gasteiger partial charge in [0, 0.05) is 17.8 Å². The molecule has 0 saturated carbocycles. The normalized spacial score (nSPS) is 13.6. The fourth-order valence-corrected chi connectivity index (χ4v) is 2.73. The summed E-state index contributed by atoms with van der Waals surface area (Å²) in [6.45, 7) is 1.79. The van der Waals surface area contributed by atoms with E-state index in [1.54, 1.807) is 37.3 Å². The van der Waals surface area contributed by atoms with Crippen molar-refractivity contribution in [3.05, 3.63) is 66.1 Å². The molecule has 0 aliphatic rings. The molecular formula is C19H19NO4. The van der Waals surface area contributed by atoms with Gasteiger partial charge in [-0.25, -0.2) is 0 Å². The minimum Gasteiger partial charge on any atom is -0.506 e. The predicted octanol–water partition coefficient (Wildman–Crippen LogP) is 3.38. The van der Waals surface area contributed by atoms with Gasteiger partial charge < -0.3 is 19.9 Å². The van der Waals surface area contributed by atoms with Gasteiger partial charge in [-0.2, -0.15) is 0 Å². The van der Waals surface area contributed by atoms with Gasteiger partial charge in [0.25, 0.3) is 5.91 Å². The third kappa shape index (κ3) is 3.26. The summed E-state index contributed by atoms with van der Waals surface area (Å²) >= 11 is 0. The number of hydrogen-bond acceptors (Lipinski definition) is 4. The topological polar surface area (TPSA) is 82.7 Å². The third-order valence-corrected chi connectivity index (χ3v) is 3.97. The number of aliphatic hydroxyl groups is 1. The van der Waals surface area contributed by atoms with Crippen molar-refractivity contribution < 1.29 is 19.4 Å². The van der Waals surface area contributed by atoms with Crippen LogP contribution in [0.25, 0.3) is 10.8 Å². The molecule has 1 heterocycles. The summed E-state index contributed by atoms with van der Waals surface area (Å²) in [4.78, 5) is 12.4. The van der Waals surface area contributed by atoms with E-state index in [-0.39, 0.29) is 23.3 Å². The predicted molar refractivity (Wildman–Crippen MR) is 90.8 cm³/mol. The van der Waals surface area contributed by atoms with Crippen molar-refractivity contribution >= 4 is 16.7 Å². The van der Waals surface area contributed by atoms with E-state index in [1.165, 1.54) is 6.26 Å². The number of furan rings is 1. The van der Waals surface area contributed by atoms with Crippen LogP contribution in [0.2, 0.25) is 0 Å². The monoisotopic (exact) mass is 325 g/mol. The lowest BCUT2D eigenvalue weighted by Gasteiger charge is -2.17. The smallest absolute Gasteiger partial charge is 0.255 e. The molecule has 0 bridgehead atoms. The SMILES string of the molecule is CC(CC(O)c1ccco1)NC(=O)c1ccc2ccccc2c1O. The van der Waals surface area contributed by atoms with Crippen LogP contribution in [0.4, 0.5) is 0 Å². The number of nitrogens with one attached hydrogen (secondary N) is 1. The first kappa shape index (κ1) is 16.1. The van der Waals surface area contributed by atoms with Gasteiger partial charge in [-0.1, -0.05) is 30.3 Å². The third-order valence-electron chi connectivity index (χ3n) is 3.97. The Kier molecular flexibility index (Phi) is 4.53. The molecule has 0 saturated heterocycles. The second-order valence-electron chi connectivity index (χ2n) is 5.82. The Balaban J connectivity index is 1.71. The van der Waals surface area contributed by atoms with Gasteiger partial charge in [-0.3, -0.25) is 4.79 Å². The van der Waals surface area contributed by atoms with Crippen LogP contribution in [0.3, 0.4) is 0 Å². The summed E-state index contributed by atoms with van der Waals surface area (Å²) < 4.78 is 5.15. The standard InChI is InChI=1S/C19H19NO4/c1-12(11-16(21)17-7-4-10-24-17)20-19(23)15-9-8-13-5-2-3-6-14(13)18(15)22/h2-10,12,16,21-22H,11H2,1H3,(H,20,23). The average molecular weight is 325 g/mol. The molecule has 0 spiro atoms. The van der Waals surface area contributed by atoms with E-state index < -0.39 is 6.10 Å². The van der Waals surface area contributed by atoms with Crippen LogP contribution in [0.15, 0.2) is 59.2 Å². The highest BCUT2D eigenvalue weighted by Gasteiger charge is 2.19. The molecule has 1 aromatic heterocycles. The van der Waals surface area contributed by atoms with Crippen molar-refractivity contribution in [1.82, 2.24) is 5.32 Å². The van der Waals surface area contributed by atoms with Crippen LogP contribution in [-0.2, 0) is 0 Å². The highest BCUT2D eigenvalue weighted by atomic mass is 16.4. The van der Waals surface area contributed by atoms with E-state index in [0.29, 0.717) is 17.6 Å². The molecule has 2 atom stereocenters. The first-order valence-corrected chi connectivity index (χ1v) is 7.79. The zero-order valence-electron chi connectivity index (χ0n) is 13.3. The van der Waals surface area contributed by atoms with E-state index in [2.05, 4.69) is 5.32 Å². The molecule has 0 fully saturated rings. The molecule has 0 aliphatic heterocycles. The van der Waals surface area contributed by atoms with Crippen LogP contribution in [0, 0.1) is 0 Å². The number of phenols is 1. The van der Waals surface area contributed by atoms with Gasteiger partial charge >= 0.3 is 0 Å². The van der Waals surface area contributed by atoms with Gasteiger partial charge in [0.2, 0.25) is 0 Å². The number of benzene rings is 2. The summed E-state index contributed by atoms with van der Waals surface area (Å²) in [6.07, 6.45) is 1.02. The van der Waals surface area contributed by atoms with Gasteiger partial charge in [0.1, 0.15) is 17.6 Å². The van der Waals surface area contributed by atoms with Crippen molar-refractivity contribution in [2.24, 2.45) is 0 Å². The molecule has 0 aliphatic carbocycles. The van der Waals surface area contributed by atoms with Crippen molar-refractivity contribution in [3.63, 3.8) is 0 Å². The maximum atomic E-state index is 12.4. The zero-order valence-corrected chi connectivity index (χ0v) is 13.3. The molecule has 1 amide bonds. The minimum atomic E-state index is -0.791. The Morgan fingerprint density at radius 3 is 2.71 bits per heavy atom. The van der Waals surface area contributed by atoms with Crippen molar-refractivity contribution in [3.8, 4) is 5.75 Å². The number of amides is 1. The molecule has 5 nitrogen and oxygen atoms in total. The maximum Gasteiger partial charge on any atom is 0.255 e. The van der Waals surface area contributed by atoms with E-state index >= 15 is 0 Å². The lowest BCUT2D eigenvalue weighted by molar-refractivity contribution is 0.0901. The van der Waals surface area contributed by atoms with Crippen LogP contribution in [-0.4, -0.2) is 22.2 Å². The minimum absolute atomic E-state index is 0.0376. The van der Waals surface area contributed by atoms with Crippen molar-refractivity contribution in [2.45, 2.75) is 25.5 Å². The first-order valence-electron chi connectivity index (χ1n) is 7.79. The molecular weight excluding hydrogens is 306 g/mol. The highest BCUT2D eigenvalue weighted by molar-refractivity contribution is 6.03. The fraction of sp³-hybridized carbons (Fsp3) is 0.211. The Morgan fingerprint density at radius 1 is 1.17 bits per heavy atom. The van der Waals surface area contributed by atoms with Gasteiger partial charge in [-0.05, 0) is 30.5 Å². The molecule has 3 rings (SSSR count). The van der Waals surface area contributed by atoms with Gasteiger partial charge in [-0.15, -0.1) is 0 Å². The quantitative estimate of drug-likeness (QED) is 0.671. The second-order valence-corrected chi connectivity index (χ2v) is 5.82. The number of aromatic hydroxyl groups is 1. The van der Waals surface area contributed by atoms with Crippen LogP contribution in [0.5, 0.6) is 5.75 Å². The molecule has 124 valence electrons. The Morgan fingerprint density at radius 2 is 1.96 bits per heavy atom. The van der Waals surface area contributed by atoms with Gasteiger partial charge in [0.05, 0.1) is 11.8 Å². The van der Waals surface area contributed by atoms with Crippen LogP contribution in [0.1, 0.15) is 35.6 Å². The number of rotatable bonds is 5. The summed E-state index contributed by atoms with van der Waals surface area (Å²) in [5.41, 5.74) is 0.216. The Hall–Kier alpha value is -2.79. The zero-order chi connectivity index (χ0) is 17.1. The molecule has 2 unspecified atom stereocenters. The van der Waals surface area contributed by atoms with E-state index in [0.717, 1.165) is 5.39 Å². The summed E-state index contributed by atoms with van der Waals surface area (Å²) in [5.74, 6) is 0.0476. The van der Waals surface area contributed by atoms with Gasteiger partial charge in [0.15, 0.2) is 0 Å². The second kappa shape index (κ2) is 6.76. The summed E-state index contributed by atoms with van der Waals surface area (Å²) in [5, 5.41) is 24.7. The largest absolute Gasteiger partial charge is 0.506 e. The van der Waals surface area contributed by atoms with Crippen molar-refractivity contribution in [1.29, 1.82) is 0 Å². The molecule has 2 aromatic carbocycles. The molecule has 3 N–H and O–H groups in total.